The lowest BCUT2D eigenvalue weighted by Gasteiger charge is -2.14. The summed E-state index contributed by atoms with van der Waals surface area (Å²) in [5.74, 6) is 0. The fourth-order valence-electron chi connectivity index (χ4n) is 2.90. The topological polar surface area (TPSA) is 9.23 Å². The Labute approximate surface area is 135 Å². The lowest BCUT2D eigenvalue weighted by atomic mass is 9.59. The Bertz CT molecular complexity index is 168. The molecular weight excluding hydrogens is 255 g/mol. The van der Waals surface area contributed by atoms with E-state index in [4.69, 9.17) is 4.65 Å². The summed E-state index contributed by atoms with van der Waals surface area (Å²) >= 11 is 0. The minimum absolute atomic E-state index is 0.544. The molecule has 0 fully saturated rings. The first-order chi connectivity index (χ1) is 10.3. The fourth-order valence-corrected chi connectivity index (χ4v) is 2.90. The van der Waals surface area contributed by atoms with Gasteiger partial charge in [-0.3, -0.25) is 0 Å². The van der Waals surface area contributed by atoms with E-state index in [1.54, 1.807) is 0 Å². The zero-order valence-electron chi connectivity index (χ0n) is 15.3. The van der Waals surface area contributed by atoms with Crippen LogP contribution in [0.2, 0.25) is 12.6 Å². The molecule has 21 heavy (non-hydrogen) atoms. The summed E-state index contributed by atoms with van der Waals surface area (Å²) in [6.45, 7) is 8.29. The molecule has 0 spiro atoms. The average molecular weight is 296 g/mol. The van der Waals surface area contributed by atoms with Crippen molar-refractivity contribution >= 4 is 6.92 Å². The van der Waals surface area contributed by atoms with E-state index in [9.17, 15) is 0 Å². The van der Waals surface area contributed by atoms with Gasteiger partial charge in [0.25, 0.3) is 6.92 Å². The highest BCUT2D eigenvalue weighted by molar-refractivity contribution is 6.51. The summed E-state index contributed by atoms with van der Waals surface area (Å²) in [5, 5.41) is 0. The Morgan fingerprint density at radius 3 is 1.38 bits per heavy atom. The number of hydrogen-bond acceptors (Lipinski definition) is 1. The zero-order chi connectivity index (χ0) is 15.6. The summed E-state index contributed by atoms with van der Waals surface area (Å²) in [5.41, 5.74) is 0. The third kappa shape index (κ3) is 16.2. The molecule has 0 atom stereocenters. The van der Waals surface area contributed by atoms with Crippen LogP contribution in [0.5, 0.6) is 0 Å². The number of hydrogen-bond donors (Lipinski definition) is 0. The van der Waals surface area contributed by atoms with E-state index < -0.39 is 0 Å². The van der Waals surface area contributed by atoms with Gasteiger partial charge in [-0.15, -0.1) is 0 Å². The maximum Gasteiger partial charge on any atom is 0.293 e. The molecule has 1 nitrogen and oxygen atoms in total. The van der Waals surface area contributed by atoms with Crippen LogP contribution < -0.4 is 0 Å². The minimum Gasteiger partial charge on any atom is -0.436 e. The van der Waals surface area contributed by atoms with Gasteiger partial charge in [0.15, 0.2) is 0 Å². The SMILES string of the molecule is CCCCCCCCB(CCCCCCCC)OCCC. The first-order valence-electron chi connectivity index (χ1n) is 9.96. The summed E-state index contributed by atoms with van der Waals surface area (Å²) in [4.78, 5) is 0. The molecule has 0 aliphatic heterocycles. The number of rotatable bonds is 17. The Hall–Kier alpha value is 0.0249. The van der Waals surface area contributed by atoms with Gasteiger partial charge < -0.3 is 4.65 Å². The zero-order valence-corrected chi connectivity index (χ0v) is 15.3. The van der Waals surface area contributed by atoms with E-state index in [1.807, 2.05) is 0 Å². The summed E-state index contributed by atoms with van der Waals surface area (Å²) in [6, 6.07) is 0. The minimum atomic E-state index is 0.544. The highest BCUT2D eigenvalue weighted by atomic mass is 16.4. The van der Waals surface area contributed by atoms with E-state index >= 15 is 0 Å². The summed E-state index contributed by atoms with van der Waals surface area (Å²) < 4.78 is 6.05. The van der Waals surface area contributed by atoms with Crippen LogP contribution >= 0.6 is 0 Å². The Balaban J connectivity index is 3.56. The van der Waals surface area contributed by atoms with Gasteiger partial charge in [-0.2, -0.15) is 0 Å². The normalized spacial score (nSPS) is 11.0. The molecule has 0 aromatic rings. The van der Waals surface area contributed by atoms with E-state index in [-0.39, 0.29) is 0 Å². The first-order valence-corrected chi connectivity index (χ1v) is 9.96. The molecule has 0 aliphatic carbocycles. The van der Waals surface area contributed by atoms with Gasteiger partial charge in [-0.1, -0.05) is 97.8 Å². The Morgan fingerprint density at radius 2 is 0.952 bits per heavy atom. The van der Waals surface area contributed by atoms with Crippen molar-refractivity contribution in [3.05, 3.63) is 0 Å². The number of unbranched alkanes of at least 4 members (excludes halogenated alkanes) is 10. The van der Waals surface area contributed by atoms with Crippen molar-refractivity contribution in [3.8, 4) is 0 Å². The van der Waals surface area contributed by atoms with Gasteiger partial charge in [-0.25, -0.2) is 0 Å². The highest BCUT2D eigenvalue weighted by Crippen LogP contribution is 2.16. The molecule has 0 amide bonds. The van der Waals surface area contributed by atoms with Crippen LogP contribution in [0.3, 0.4) is 0 Å². The van der Waals surface area contributed by atoms with Crippen molar-refractivity contribution in [1.29, 1.82) is 0 Å². The van der Waals surface area contributed by atoms with Crippen LogP contribution in [0.4, 0.5) is 0 Å². The van der Waals surface area contributed by atoms with Crippen LogP contribution in [-0.4, -0.2) is 13.5 Å². The molecule has 0 radical (unpaired) electrons. The first kappa shape index (κ1) is 21.0. The largest absolute Gasteiger partial charge is 0.436 e. The maximum absolute atomic E-state index is 6.05. The molecule has 0 bridgehead atoms. The predicted molar refractivity (Wildman–Crippen MR) is 98.4 cm³/mol. The van der Waals surface area contributed by atoms with Crippen molar-refractivity contribution in [1.82, 2.24) is 0 Å². The van der Waals surface area contributed by atoms with Gasteiger partial charge in [0.2, 0.25) is 0 Å². The molecule has 0 aromatic carbocycles. The van der Waals surface area contributed by atoms with Crippen LogP contribution in [0, 0.1) is 0 Å². The van der Waals surface area contributed by atoms with Crippen molar-refractivity contribution in [2.45, 2.75) is 117 Å². The van der Waals surface area contributed by atoms with E-state index in [0.29, 0.717) is 6.92 Å². The molecular formula is C19H41BO. The molecule has 126 valence electrons. The summed E-state index contributed by atoms with van der Waals surface area (Å²) in [7, 11) is 0. The average Bonchev–Trinajstić information content (AvgIpc) is 2.50. The second-order valence-corrected chi connectivity index (χ2v) is 6.61. The van der Waals surface area contributed by atoms with Crippen molar-refractivity contribution < 1.29 is 4.65 Å². The molecule has 0 heterocycles. The second-order valence-electron chi connectivity index (χ2n) is 6.61. The highest BCUT2D eigenvalue weighted by Gasteiger charge is 2.14. The Kier molecular flexibility index (Phi) is 18.1. The van der Waals surface area contributed by atoms with E-state index in [0.717, 1.165) is 13.0 Å². The molecule has 0 N–H and O–H groups in total. The molecule has 0 rings (SSSR count). The van der Waals surface area contributed by atoms with Crippen LogP contribution in [0.25, 0.3) is 0 Å². The van der Waals surface area contributed by atoms with Crippen LogP contribution in [-0.2, 0) is 4.65 Å². The standard InChI is InChI=1S/C19H41BO/c1-4-7-9-11-13-15-17-20(21-19-6-3)18-16-14-12-10-8-5-2/h4-19H2,1-3H3. The van der Waals surface area contributed by atoms with Gasteiger partial charge in [-0.05, 0) is 19.1 Å². The smallest absolute Gasteiger partial charge is 0.293 e. The lowest BCUT2D eigenvalue weighted by molar-refractivity contribution is 0.315. The molecule has 0 aromatic heterocycles. The molecule has 0 saturated heterocycles. The van der Waals surface area contributed by atoms with Gasteiger partial charge >= 0.3 is 0 Å². The van der Waals surface area contributed by atoms with Gasteiger partial charge in [0, 0.05) is 6.61 Å². The molecule has 0 unspecified atom stereocenters. The van der Waals surface area contributed by atoms with Crippen molar-refractivity contribution in [2.75, 3.05) is 6.61 Å². The monoisotopic (exact) mass is 296 g/mol. The fraction of sp³-hybridized carbons (Fsp3) is 1.00. The van der Waals surface area contributed by atoms with E-state index in [1.165, 1.54) is 89.7 Å². The van der Waals surface area contributed by atoms with Crippen LogP contribution in [0.1, 0.15) is 104 Å². The lowest BCUT2D eigenvalue weighted by Crippen LogP contribution is -2.18. The van der Waals surface area contributed by atoms with Crippen molar-refractivity contribution in [3.63, 3.8) is 0 Å². The van der Waals surface area contributed by atoms with Crippen molar-refractivity contribution in [2.24, 2.45) is 0 Å². The van der Waals surface area contributed by atoms with Gasteiger partial charge in [0.05, 0.1) is 0 Å². The second kappa shape index (κ2) is 18.1. The maximum atomic E-state index is 6.05. The Morgan fingerprint density at radius 1 is 0.524 bits per heavy atom. The third-order valence-corrected chi connectivity index (χ3v) is 4.32. The van der Waals surface area contributed by atoms with Crippen LogP contribution in [0.15, 0.2) is 0 Å². The molecule has 0 saturated carbocycles. The molecule has 0 aliphatic rings. The molecule has 2 heteroatoms. The van der Waals surface area contributed by atoms with E-state index in [2.05, 4.69) is 20.8 Å². The quantitative estimate of drug-likeness (QED) is 0.205. The predicted octanol–water partition coefficient (Wildman–Crippen LogP) is 7.13. The third-order valence-electron chi connectivity index (χ3n) is 4.32. The summed E-state index contributed by atoms with van der Waals surface area (Å²) in [6.07, 6.45) is 20.5. The van der Waals surface area contributed by atoms with Gasteiger partial charge in [0.1, 0.15) is 0 Å².